The number of carbonyl (C=O) groups excluding carboxylic acids is 1. The van der Waals surface area contributed by atoms with Crippen LogP contribution in [0.3, 0.4) is 0 Å². The highest BCUT2D eigenvalue weighted by atomic mass is 16.6. The molecular formula is C27H38N2O5. The topological polar surface area (TPSA) is 76.7 Å². The molecular weight excluding hydrogens is 432 g/mol. The molecule has 3 aliphatic heterocycles. The van der Waals surface area contributed by atoms with Gasteiger partial charge in [0.25, 0.3) is 0 Å². The molecule has 0 radical (unpaired) electrons. The lowest BCUT2D eigenvalue weighted by Crippen LogP contribution is -2.57. The Hall–Kier alpha value is -1.96. The average molecular weight is 471 g/mol. The Kier molecular flexibility index (Phi) is 6.46. The number of allylic oxidation sites excluding steroid dienone is 1. The van der Waals surface area contributed by atoms with E-state index in [9.17, 15) is 4.79 Å². The molecule has 1 amide bonds. The van der Waals surface area contributed by atoms with Crippen molar-refractivity contribution in [3.8, 4) is 0 Å². The van der Waals surface area contributed by atoms with E-state index < -0.39 is 0 Å². The number of carbonyl (C=O) groups is 1. The van der Waals surface area contributed by atoms with Gasteiger partial charge in [-0.1, -0.05) is 17.7 Å². The summed E-state index contributed by atoms with van der Waals surface area (Å²) in [5, 5.41) is 0. The van der Waals surface area contributed by atoms with Gasteiger partial charge in [-0.25, -0.2) is 4.79 Å². The zero-order chi connectivity index (χ0) is 23.9. The first-order chi connectivity index (χ1) is 16.3. The number of hydrogen-bond acceptors (Lipinski definition) is 6. The summed E-state index contributed by atoms with van der Waals surface area (Å²) in [6, 6.07) is 6.01. The predicted octanol–water partition coefficient (Wildman–Crippen LogP) is 4.16. The molecule has 1 saturated carbocycles. The number of likely N-dealkylation sites (tertiary alicyclic amines) is 1. The Morgan fingerprint density at radius 3 is 2.76 bits per heavy atom. The molecule has 4 fully saturated rings. The largest absolute Gasteiger partial charge is 0.443 e. The highest BCUT2D eigenvalue weighted by Gasteiger charge is 2.72. The van der Waals surface area contributed by atoms with Crippen LogP contribution in [-0.2, 0) is 25.4 Å². The Balaban J connectivity index is 1.16. The summed E-state index contributed by atoms with van der Waals surface area (Å²) in [6.07, 6.45) is 7.96. The lowest BCUT2D eigenvalue weighted by molar-refractivity contribution is -0.124. The van der Waals surface area contributed by atoms with E-state index in [1.165, 1.54) is 5.57 Å². The highest BCUT2D eigenvalue weighted by molar-refractivity contribution is 5.69. The molecule has 6 atom stereocenters. The zero-order valence-electron chi connectivity index (χ0n) is 20.9. The quantitative estimate of drug-likeness (QED) is 0.419. The molecule has 7 nitrogen and oxygen atoms in total. The predicted molar refractivity (Wildman–Crippen MR) is 127 cm³/mol. The summed E-state index contributed by atoms with van der Waals surface area (Å²) in [4.78, 5) is 19.1. The van der Waals surface area contributed by atoms with Gasteiger partial charge in [-0.05, 0) is 70.9 Å². The van der Waals surface area contributed by atoms with Crippen LogP contribution in [0.4, 0.5) is 4.79 Å². The second-order valence-corrected chi connectivity index (χ2v) is 10.9. The Labute approximate surface area is 202 Å². The number of methoxy groups -OCH3 is 1. The van der Waals surface area contributed by atoms with Crippen LogP contribution in [0.15, 0.2) is 36.0 Å². The van der Waals surface area contributed by atoms with E-state index in [2.05, 4.69) is 37.9 Å². The Morgan fingerprint density at radius 1 is 1.32 bits per heavy atom. The molecule has 7 heteroatoms. The molecule has 3 saturated heterocycles. The average Bonchev–Trinajstić information content (AvgIpc) is 3.70. The molecule has 0 bridgehead atoms. The highest BCUT2D eigenvalue weighted by Crippen LogP contribution is 2.59. The summed E-state index contributed by atoms with van der Waals surface area (Å²) < 4.78 is 24.3. The number of aromatic nitrogens is 1. The maximum atomic E-state index is 12.9. The lowest BCUT2D eigenvalue weighted by atomic mass is 9.68. The number of nitrogens with zero attached hydrogens (tertiary/aromatic N) is 2. The third-order valence-electron chi connectivity index (χ3n) is 8.24. The maximum Gasteiger partial charge on any atom is 0.410 e. The molecule has 0 unspecified atom stereocenters. The fraction of sp³-hybridized carbons (Fsp3) is 0.704. The summed E-state index contributed by atoms with van der Waals surface area (Å²) in [7, 11) is 1.72. The number of rotatable bonds is 8. The van der Waals surface area contributed by atoms with Crippen LogP contribution < -0.4 is 0 Å². The number of pyridine rings is 1. The van der Waals surface area contributed by atoms with Crippen molar-refractivity contribution < 1.29 is 23.7 Å². The molecule has 1 aromatic rings. The molecule has 4 aliphatic rings. The number of amides is 1. The number of epoxide rings is 2. The Morgan fingerprint density at radius 2 is 2.12 bits per heavy atom. The van der Waals surface area contributed by atoms with Crippen molar-refractivity contribution in [1.29, 1.82) is 0 Å². The summed E-state index contributed by atoms with van der Waals surface area (Å²) >= 11 is 0. The third kappa shape index (κ3) is 4.62. The molecule has 1 spiro atoms. The first-order valence-corrected chi connectivity index (χ1v) is 12.7. The summed E-state index contributed by atoms with van der Waals surface area (Å²) in [6.45, 7) is 8.62. The molecule has 0 aromatic carbocycles. The van der Waals surface area contributed by atoms with Gasteiger partial charge in [-0.15, -0.1) is 0 Å². The standard InChI is InChI=1S/C27H38N2O5/c1-18(2)8-11-22-26(3,34-22)24-23(31-4)21(12-13-27(24)17-32-27)33-25(30)29-15-19(16-29)9-10-20-7-5-6-14-28-20/h5-8,14,19,21-24H,9-13,15-17H2,1-4H3/t21-,22-,23-,24-,26+,27+/m1/s1. The fourth-order valence-corrected chi connectivity index (χ4v) is 6.07. The van der Waals surface area contributed by atoms with Crippen molar-refractivity contribution in [3.63, 3.8) is 0 Å². The van der Waals surface area contributed by atoms with E-state index in [0.717, 1.165) is 57.5 Å². The van der Waals surface area contributed by atoms with Crippen molar-refractivity contribution >= 4 is 6.09 Å². The maximum absolute atomic E-state index is 12.9. The SMILES string of the molecule is CO[C@@H]1[C@H](OC(=O)N2CC(CCc3ccccn3)C2)CC[C@]2(CO2)[C@H]1[C@@]1(C)O[C@@H]1CC=C(C)C. The van der Waals surface area contributed by atoms with Gasteiger partial charge in [0, 0.05) is 32.1 Å². The van der Waals surface area contributed by atoms with Crippen LogP contribution in [0.25, 0.3) is 0 Å². The summed E-state index contributed by atoms with van der Waals surface area (Å²) in [5.74, 6) is 0.555. The van der Waals surface area contributed by atoms with Crippen molar-refractivity contribution in [3.05, 3.63) is 41.7 Å². The number of hydrogen-bond donors (Lipinski definition) is 0. The molecule has 1 aromatic heterocycles. The summed E-state index contributed by atoms with van der Waals surface area (Å²) in [5.41, 5.74) is 1.88. The van der Waals surface area contributed by atoms with Crippen LogP contribution in [0.5, 0.6) is 0 Å². The van der Waals surface area contributed by atoms with Crippen LogP contribution in [-0.4, -0.2) is 72.3 Å². The van der Waals surface area contributed by atoms with E-state index in [-0.39, 0.29) is 41.5 Å². The van der Waals surface area contributed by atoms with Gasteiger partial charge in [0.15, 0.2) is 0 Å². The minimum absolute atomic E-state index is 0.0506. The zero-order valence-corrected chi connectivity index (χ0v) is 20.9. The second-order valence-electron chi connectivity index (χ2n) is 10.9. The number of aryl methyl sites for hydroxylation is 1. The monoisotopic (exact) mass is 470 g/mol. The van der Waals surface area contributed by atoms with E-state index in [1.807, 2.05) is 23.2 Å². The minimum atomic E-state index is -0.318. The van der Waals surface area contributed by atoms with Crippen LogP contribution in [0.2, 0.25) is 0 Å². The molecule has 4 heterocycles. The van der Waals surface area contributed by atoms with Crippen molar-refractivity contribution in [2.75, 3.05) is 26.8 Å². The van der Waals surface area contributed by atoms with Gasteiger partial charge < -0.3 is 23.8 Å². The van der Waals surface area contributed by atoms with Crippen molar-refractivity contribution in [1.82, 2.24) is 9.88 Å². The van der Waals surface area contributed by atoms with Crippen LogP contribution >= 0.6 is 0 Å². The van der Waals surface area contributed by atoms with Gasteiger partial charge in [0.1, 0.15) is 23.4 Å². The van der Waals surface area contributed by atoms with Gasteiger partial charge in [-0.3, -0.25) is 4.98 Å². The van der Waals surface area contributed by atoms with Gasteiger partial charge >= 0.3 is 6.09 Å². The molecule has 0 N–H and O–H groups in total. The first kappa shape index (κ1) is 23.8. The normalized spacial score (nSPS) is 36.6. The second kappa shape index (κ2) is 9.25. The smallest absolute Gasteiger partial charge is 0.410 e. The van der Waals surface area contributed by atoms with Crippen LogP contribution in [0.1, 0.15) is 52.1 Å². The number of ether oxygens (including phenoxy) is 4. The van der Waals surface area contributed by atoms with E-state index in [4.69, 9.17) is 18.9 Å². The fourth-order valence-electron chi connectivity index (χ4n) is 6.07. The molecule has 34 heavy (non-hydrogen) atoms. The lowest BCUT2D eigenvalue weighted by Gasteiger charge is -2.44. The van der Waals surface area contributed by atoms with E-state index >= 15 is 0 Å². The van der Waals surface area contributed by atoms with Crippen LogP contribution in [0, 0.1) is 11.8 Å². The Bertz CT molecular complexity index is 907. The molecule has 186 valence electrons. The van der Waals surface area contributed by atoms with Gasteiger partial charge in [0.2, 0.25) is 0 Å². The third-order valence-corrected chi connectivity index (χ3v) is 8.24. The minimum Gasteiger partial charge on any atom is -0.443 e. The van der Waals surface area contributed by atoms with Gasteiger partial charge in [0.05, 0.1) is 18.6 Å². The van der Waals surface area contributed by atoms with E-state index in [0.29, 0.717) is 5.92 Å². The molecule has 5 rings (SSSR count). The van der Waals surface area contributed by atoms with Crippen molar-refractivity contribution in [2.45, 2.75) is 82.4 Å². The first-order valence-electron chi connectivity index (χ1n) is 12.7. The van der Waals surface area contributed by atoms with E-state index in [1.54, 1.807) is 7.11 Å². The molecule has 1 aliphatic carbocycles. The van der Waals surface area contributed by atoms with Crippen molar-refractivity contribution in [2.24, 2.45) is 11.8 Å². The van der Waals surface area contributed by atoms with Gasteiger partial charge in [-0.2, -0.15) is 0 Å².